The van der Waals surface area contributed by atoms with Gasteiger partial charge >= 0.3 is 25.1 Å². The standard InChI is InChI=1S/C11H14BN3O6/c1-15-5-8(16)20-12(21-9(17)6-15)7-4-13-11(19-3)14-10(7)18-2/h4H,5-6H2,1-3H3. The maximum absolute atomic E-state index is 11.7. The van der Waals surface area contributed by atoms with Crippen LogP contribution in [0.15, 0.2) is 6.20 Å². The van der Waals surface area contributed by atoms with Crippen LogP contribution in [0.3, 0.4) is 0 Å². The fourth-order valence-corrected chi connectivity index (χ4v) is 1.74. The van der Waals surface area contributed by atoms with Crippen molar-refractivity contribution in [3.05, 3.63) is 6.20 Å². The third-order valence-electron chi connectivity index (χ3n) is 2.66. The molecule has 1 aliphatic rings. The predicted molar refractivity (Wildman–Crippen MR) is 70.2 cm³/mol. The lowest BCUT2D eigenvalue weighted by atomic mass is 9.80. The minimum atomic E-state index is -1.25. The zero-order valence-corrected chi connectivity index (χ0v) is 11.9. The summed E-state index contributed by atoms with van der Waals surface area (Å²) in [6, 6.07) is 0.0823. The molecule has 10 heteroatoms. The maximum Gasteiger partial charge on any atom is 0.643 e. The topological polar surface area (TPSA) is 100 Å². The van der Waals surface area contributed by atoms with Crippen LogP contribution in [0.25, 0.3) is 0 Å². The molecule has 0 saturated carbocycles. The zero-order valence-electron chi connectivity index (χ0n) is 11.9. The van der Waals surface area contributed by atoms with Gasteiger partial charge in [-0.2, -0.15) is 4.98 Å². The highest BCUT2D eigenvalue weighted by Gasteiger charge is 2.37. The molecule has 0 unspecified atom stereocenters. The van der Waals surface area contributed by atoms with Gasteiger partial charge < -0.3 is 18.8 Å². The Morgan fingerprint density at radius 1 is 1.19 bits per heavy atom. The highest BCUT2D eigenvalue weighted by Crippen LogP contribution is 2.11. The van der Waals surface area contributed by atoms with E-state index in [-0.39, 0.29) is 30.4 Å². The maximum atomic E-state index is 11.7. The number of methoxy groups -OCH3 is 2. The molecule has 21 heavy (non-hydrogen) atoms. The summed E-state index contributed by atoms with van der Waals surface area (Å²) in [5.41, 5.74) is 0.226. The van der Waals surface area contributed by atoms with Crippen LogP contribution in [0.2, 0.25) is 0 Å². The van der Waals surface area contributed by atoms with Gasteiger partial charge in [0, 0.05) is 6.20 Å². The lowest BCUT2D eigenvalue weighted by Crippen LogP contribution is -2.48. The highest BCUT2D eigenvalue weighted by molar-refractivity contribution is 6.65. The Morgan fingerprint density at radius 2 is 1.81 bits per heavy atom. The molecule has 0 bridgehead atoms. The Kier molecular flexibility index (Phi) is 4.58. The van der Waals surface area contributed by atoms with Crippen LogP contribution >= 0.6 is 0 Å². The first kappa shape index (κ1) is 15.0. The van der Waals surface area contributed by atoms with Crippen LogP contribution in [-0.2, 0) is 18.9 Å². The molecule has 0 aromatic carbocycles. The van der Waals surface area contributed by atoms with Crippen LogP contribution in [0.5, 0.6) is 11.9 Å². The summed E-state index contributed by atoms with van der Waals surface area (Å²) in [7, 11) is 3.14. The molecule has 1 fully saturated rings. The smallest absolute Gasteiger partial charge is 0.494 e. The van der Waals surface area contributed by atoms with Gasteiger partial charge in [0.15, 0.2) is 0 Å². The van der Waals surface area contributed by atoms with Crippen molar-refractivity contribution in [1.82, 2.24) is 14.9 Å². The first-order valence-corrected chi connectivity index (χ1v) is 6.06. The number of hydrogen-bond acceptors (Lipinski definition) is 9. The van der Waals surface area contributed by atoms with Gasteiger partial charge in [0.2, 0.25) is 5.88 Å². The van der Waals surface area contributed by atoms with E-state index in [2.05, 4.69) is 9.97 Å². The van der Waals surface area contributed by atoms with Crippen LogP contribution in [-0.4, -0.2) is 68.3 Å². The van der Waals surface area contributed by atoms with Gasteiger partial charge in [-0.3, -0.25) is 14.5 Å². The van der Waals surface area contributed by atoms with Gasteiger partial charge in [0.05, 0.1) is 32.8 Å². The van der Waals surface area contributed by atoms with Gasteiger partial charge in [-0.05, 0) is 7.05 Å². The van der Waals surface area contributed by atoms with E-state index in [1.54, 1.807) is 7.05 Å². The number of ether oxygens (including phenoxy) is 2. The molecule has 9 nitrogen and oxygen atoms in total. The first-order chi connectivity index (χ1) is 10.0. The monoisotopic (exact) mass is 295 g/mol. The summed E-state index contributed by atoms with van der Waals surface area (Å²) < 4.78 is 20.2. The zero-order chi connectivity index (χ0) is 15.4. The van der Waals surface area contributed by atoms with Crippen molar-refractivity contribution in [3.8, 4) is 11.9 Å². The normalized spacial score (nSPS) is 16.6. The quantitative estimate of drug-likeness (QED) is 0.599. The Bertz CT molecular complexity index is 535. The fraction of sp³-hybridized carbons (Fsp3) is 0.455. The molecule has 1 aromatic heterocycles. The molecular weight excluding hydrogens is 281 g/mol. The highest BCUT2D eigenvalue weighted by atomic mass is 16.6. The van der Waals surface area contributed by atoms with Crippen molar-refractivity contribution in [3.63, 3.8) is 0 Å². The number of likely N-dealkylation sites (N-methyl/N-ethyl adjacent to an activating group) is 1. The van der Waals surface area contributed by atoms with Gasteiger partial charge in [-0.25, -0.2) is 4.98 Å². The van der Waals surface area contributed by atoms with Crippen molar-refractivity contribution < 1.29 is 28.4 Å². The lowest BCUT2D eigenvalue weighted by molar-refractivity contribution is -0.145. The molecule has 0 amide bonds. The second-order valence-electron chi connectivity index (χ2n) is 4.31. The van der Waals surface area contributed by atoms with E-state index in [4.69, 9.17) is 18.8 Å². The van der Waals surface area contributed by atoms with Crippen molar-refractivity contribution in [2.75, 3.05) is 34.4 Å². The first-order valence-electron chi connectivity index (χ1n) is 6.06. The van der Waals surface area contributed by atoms with E-state index in [0.29, 0.717) is 0 Å². The molecule has 0 N–H and O–H groups in total. The van der Waals surface area contributed by atoms with E-state index in [0.717, 1.165) is 0 Å². The number of hydrogen-bond donors (Lipinski definition) is 0. The van der Waals surface area contributed by atoms with Crippen LogP contribution < -0.4 is 14.9 Å². The minimum Gasteiger partial charge on any atom is -0.494 e. The van der Waals surface area contributed by atoms with Crippen LogP contribution in [0.4, 0.5) is 0 Å². The van der Waals surface area contributed by atoms with E-state index in [1.165, 1.54) is 25.3 Å². The molecule has 0 aliphatic carbocycles. The lowest BCUT2D eigenvalue weighted by Gasteiger charge is -2.22. The van der Waals surface area contributed by atoms with E-state index < -0.39 is 19.1 Å². The molecule has 0 spiro atoms. The summed E-state index contributed by atoms with van der Waals surface area (Å²) in [5, 5.41) is 0. The van der Waals surface area contributed by atoms with Gasteiger partial charge in [-0.15, -0.1) is 0 Å². The molecule has 1 aliphatic heterocycles. The SMILES string of the molecule is COc1ncc(B2OC(=O)CN(C)CC(=O)O2)c(OC)n1. The molecule has 2 rings (SSSR count). The Morgan fingerprint density at radius 3 is 2.33 bits per heavy atom. The van der Waals surface area contributed by atoms with Gasteiger partial charge in [0.1, 0.15) is 0 Å². The number of rotatable bonds is 3. The molecule has 1 saturated heterocycles. The number of aromatic nitrogens is 2. The summed E-state index contributed by atoms with van der Waals surface area (Å²) in [4.78, 5) is 32.7. The Hall–Kier alpha value is -2.36. The number of carbonyl (C=O) groups is 2. The van der Waals surface area contributed by atoms with Crippen molar-refractivity contribution in [2.24, 2.45) is 0 Å². The molecule has 112 valence electrons. The molecule has 0 radical (unpaired) electrons. The summed E-state index contributed by atoms with van der Waals surface area (Å²) in [6.45, 7) is -0.0458. The van der Waals surface area contributed by atoms with Crippen molar-refractivity contribution >= 4 is 24.5 Å². The van der Waals surface area contributed by atoms with E-state index >= 15 is 0 Å². The van der Waals surface area contributed by atoms with E-state index in [9.17, 15) is 9.59 Å². The van der Waals surface area contributed by atoms with Crippen LogP contribution in [0, 0.1) is 0 Å². The summed E-state index contributed by atoms with van der Waals surface area (Å²) >= 11 is 0. The summed E-state index contributed by atoms with van der Waals surface area (Å²) in [6.07, 6.45) is 1.32. The molecular formula is C11H14BN3O6. The number of carbonyl (C=O) groups excluding carboxylic acids is 2. The number of nitrogens with zero attached hydrogens (tertiary/aromatic N) is 3. The minimum absolute atomic E-state index is 0.0229. The third-order valence-corrected chi connectivity index (χ3v) is 2.66. The van der Waals surface area contributed by atoms with Gasteiger partial charge in [-0.1, -0.05) is 0 Å². The average molecular weight is 295 g/mol. The molecule has 2 heterocycles. The second-order valence-corrected chi connectivity index (χ2v) is 4.31. The third kappa shape index (κ3) is 3.60. The predicted octanol–water partition coefficient (Wildman–Crippen LogP) is -1.78. The Balaban J connectivity index is 2.30. The molecule has 0 atom stereocenters. The van der Waals surface area contributed by atoms with E-state index in [1.807, 2.05) is 0 Å². The largest absolute Gasteiger partial charge is 0.643 e. The van der Waals surface area contributed by atoms with Crippen molar-refractivity contribution in [1.29, 1.82) is 0 Å². The average Bonchev–Trinajstić information content (AvgIpc) is 2.44. The van der Waals surface area contributed by atoms with Gasteiger partial charge in [0.25, 0.3) is 0 Å². The summed E-state index contributed by atoms with van der Waals surface area (Å²) in [5.74, 6) is -0.970. The molecule has 1 aromatic rings. The van der Waals surface area contributed by atoms with Crippen molar-refractivity contribution in [2.45, 2.75) is 0 Å². The fourth-order valence-electron chi connectivity index (χ4n) is 1.74. The van der Waals surface area contributed by atoms with Crippen LogP contribution in [0.1, 0.15) is 0 Å². The second kappa shape index (κ2) is 6.40. The Labute approximate surface area is 121 Å².